The number of para-hydroxylation sites is 1. The lowest BCUT2D eigenvalue weighted by atomic mass is 10.2. The molecule has 1 N–H and O–H groups in total. The van der Waals surface area contributed by atoms with E-state index in [1.165, 1.54) is 11.5 Å². The first-order chi connectivity index (χ1) is 11.3. The number of benzene rings is 2. The van der Waals surface area contributed by atoms with Crippen LogP contribution in [-0.2, 0) is 10.0 Å². The molecular weight excluding hydrogens is 324 g/mol. The molecule has 2 aromatic carbocycles. The van der Waals surface area contributed by atoms with Gasteiger partial charge in [-0.25, -0.2) is 8.42 Å². The van der Waals surface area contributed by atoms with Crippen molar-refractivity contribution in [2.24, 2.45) is 0 Å². The van der Waals surface area contributed by atoms with Crippen LogP contribution in [0.1, 0.15) is 22.8 Å². The predicted octanol–water partition coefficient (Wildman–Crippen LogP) is 3.72. The quantitative estimate of drug-likeness (QED) is 0.789. The molecule has 0 spiro atoms. The second kappa shape index (κ2) is 5.79. The van der Waals surface area contributed by atoms with Crippen LogP contribution in [0.3, 0.4) is 0 Å². The Hall–Kier alpha value is -2.60. The van der Waals surface area contributed by atoms with E-state index in [2.05, 4.69) is 4.72 Å². The van der Waals surface area contributed by atoms with Gasteiger partial charge in [-0.05, 0) is 32.0 Å². The highest BCUT2D eigenvalue weighted by Crippen LogP contribution is 2.31. The first kappa shape index (κ1) is 16.3. The maximum atomic E-state index is 12.7. The van der Waals surface area contributed by atoms with Gasteiger partial charge in [0, 0.05) is 17.9 Å². The Balaban J connectivity index is 2.16. The fraction of sp³-hybridized carbons (Fsp3) is 0.167. The summed E-state index contributed by atoms with van der Waals surface area (Å²) >= 11 is 0. The zero-order valence-electron chi connectivity index (χ0n) is 13.7. The topological polar surface area (TPSA) is 68.2 Å². The molecule has 0 bridgehead atoms. The average molecular weight is 342 g/mol. The molecule has 0 radical (unpaired) electrons. The zero-order valence-corrected chi connectivity index (χ0v) is 14.5. The summed E-state index contributed by atoms with van der Waals surface area (Å²) in [6.45, 7) is 5.10. The number of sulfonamides is 1. The van der Waals surface area contributed by atoms with Crippen LogP contribution >= 0.6 is 0 Å². The number of nitrogens with one attached hydrogen (secondary N) is 1. The fourth-order valence-electron chi connectivity index (χ4n) is 2.75. The molecule has 0 atom stereocenters. The number of aryl methyl sites for hydroxylation is 2. The van der Waals surface area contributed by atoms with Crippen LogP contribution in [0.5, 0.6) is 0 Å². The summed E-state index contributed by atoms with van der Waals surface area (Å²) in [5.41, 5.74) is 2.38. The number of hydrogen-bond donors (Lipinski definition) is 1. The van der Waals surface area contributed by atoms with Crippen molar-refractivity contribution in [3.8, 4) is 0 Å². The van der Waals surface area contributed by atoms with Crippen LogP contribution in [-0.4, -0.2) is 18.9 Å². The molecular formula is C18H18N2O3S. The minimum absolute atomic E-state index is 0.160. The fourth-order valence-corrected chi connectivity index (χ4v) is 3.87. The van der Waals surface area contributed by atoms with Gasteiger partial charge in [0.1, 0.15) is 5.82 Å². The molecule has 0 saturated heterocycles. The van der Waals surface area contributed by atoms with Crippen LogP contribution in [0.25, 0.3) is 10.9 Å². The summed E-state index contributed by atoms with van der Waals surface area (Å²) in [6.07, 6.45) is 0. The highest BCUT2D eigenvalue weighted by atomic mass is 32.2. The van der Waals surface area contributed by atoms with Crippen molar-refractivity contribution in [3.63, 3.8) is 0 Å². The largest absolute Gasteiger partial charge is 0.274 e. The molecule has 6 heteroatoms. The lowest BCUT2D eigenvalue weighted by molar-refractivity contribution is 0.0944. The molecule has 0 amide bonds. The molecule has 0 aliphatic heterocycles. The summed E-state index contributed by atoms with van der Waals surface area (Å²) in [4.78, 5) is 12.2. The van der Waals surface area contributed by atoms with Gasteiger partial charge < -0.3 is 0 Å². The number of hydrogen-bond acceptors (Lipinski definition) is 3. The predicted molar refractivity (Wildman–Crippen MR) is 95.0 cm³/mol. The molecule has 3 aromatic rings. The molecule has 0 saturated carbocycles. The van der Waals surface area contributed by atoms with Gasteiger partial charge in [0.25, 0.3) is 10.0 Å². The maximum Gasteiger partial charge on any atom is 0.263 e. The first-order valence-electron chi connectivity index (χ1n) is 7.52. The number of anilines is 1. The summed E-state index contributed by atoms with van der Waals surface area (Å²) in [7, 11) is -3.78. The SMILES string of the molecule is CC(=O)n1c(NS(=O)(=O)c2ccc(C)cc2)c(C)c2ccccc21. The smallest absolute Gasteiger partial charge is 0.263 e. The Bertz CT molecular complexity index is 1030. The van der Waals surface area contributed by atoms with Gasteiger partial charge in [0.15, 0.2) is 0 Å². The molecule has 3 rings (SSSR count). The van der Waals surface area contributed by atoms with Gasteiger partial charge in [-0.3, -0.25) is 14.1 Å². The highest BCUT2D eigenvalue weighted by molar-refractivity contribution is 7.92. The Labute approximate surface area is 141 Å². The summed E-state index contributed by atoms with van der Waals surface area (Å²) in [5, 5.41) is 0.842. The Morgan fingerprint density at radius 3 is 2.25 bits per heavy atom. The van der Waals surface area contributed by atoms with Crippen molar-refractivity contribution in [1.29, 1.82) is 0 Å². The minimum atomic E-state index is -3.78. The van der Waals surface area contributed by atoms with Crippen molar-refractivity contribution in [2.45, 2.75) is 25.7 Å². The number of aromatic nitrogens is 1. The van der Waals surface area contributed by atoms with Crippen molar-refractivity contribution in [3.05, 3.63) is 59.7 Å². The van der Waals surface area contributed by atoms with Crippen molar-refractivity contribution < 1.29 is 13.2 Å². The van der Waals surface area contributed by atoms with Gasteiger partial charge in [0.05, 0.1) is 10.4 Å². The molecule has 0 fully saturated rings. The van der Waals surface area contributed by atoms with Gasteiger partial charge >= 0.3 is 0 Å². The Morgan fingerprint density at radius 2 is 1.62 bits per heavy atom. The number of carbonyl (C=O) groups is 1. The van der Waals surface area contributed by atoms with Gasteiger partial charge in [0.2, 0.25) is 5.91 Å². The molecule has 24 heavy (non-hydrogen) atoms. The standard InChI is InChI=1S/C18H18N2O3S/c1-12-8-10-15(11-9-12)24(22,23)19-18-13(2)16-6-4-5-7-17(16)20(18)14(3)21/h4-11,19H,1-3H3. The molecule has 0 unspecified atom stereocenters. The van der Waals surface area contributed by atoms with Gasteiger partial charge in [-0.1, -0.05) is 35.9 Å². The number of nitrogens with zero attached hydrogens (tertiary/aromatic N) is 1. The van der Waals surface area contributed by atoms with Gasteiger partial charge in [-0.2, -0.15) is 0 Å². The van der Waals surface area contributed by atoms with E-state index in [0.717, 1.165) is 16.5 Å². The second-order valence-electron chi connectivity index (χ2n) is 5.76. The highest BCUT2D eigenvalue weighted by Gasteiger charge is 2.22. The van der Waals surface area contributed by atoms with E-state index in [-0.39, 0.29) is 16.6 Å². The van der Waals surface area contributed by atoms with E-state index < -0.39 is 10.0 Å². The van der Waals surface area contributed by atoms with Crippen LogP contribution in [0.4, 0.5) is 5.82 Å². The normalized spacial score (nSPS) is 11.6. The lowest BCUT2D eigenvalue weighted by Gasteiger charge is -2.11. The average Bonchev–Trinajstić information content (AvgIpc) is 2.80. The zero-order chi connectivity index (χ0) is 17.5. The van der Waals surface area contributed by atoms with E-state index in [1.807, 2.05) is 25.1 Å². The summed E-state index contributed by atoms with van der Waals surface area (Å²) in [5.74, 6) is 0.0326. The third-order valence-electron chi connectivity index (χ3n) is 4.00. The van der Waals surface area contributed by atoms with Crippen molar-refractivity contribution in [1.82, 2.24) is 4.57 Å². The molecule has 1 aromatic heterocycles. The van der Waals surface area contributed by atoms with E-state index in [9.17, 15) is 13.2 Å². The van der Waals surface area contributed by atoms with Crippen LogP contribution in [0.2, 0.25) is 0 Å². The summed E-state index contributed by atoms with van der Waals surface area (Å²) in [6, 6.07) is 13.9. The van der Waals surface area contributed by atoms with Crippen molar-refractivity contribution in [2.75, 3.05) is 4.72 Å². The minimum Gasteiger partial charge on any atom is -0.274 e. The number of carbonyl (C=O) groups excluding carboxylic acids is 1. The Morgan fingerprint density at radius 1 is 1.00 bits per heavy atom. The molecule has 0 aliphatic rings. The number of fused-ring (bicyclic) bond motifs is 1. The molecule has 124 valence electrons. The van der Waals surface area contributed by atoms with Crippen LogP contribution < -0.4 is 4.72 Å². The lowest BCUT2D eigenvalue weighted by Crippen LogP contribution is -2.18. The van der Waals surface area contributed by atoms with E-state index in [1.54, 1.807) is 37.3 Å². The third-order valence-corrected chi connectivity index (χ3v) is 5.36. The number of rotatable bonds is 3. The van der Waals surface area contributed by atoms with E-state index in [0.29, 0.717) is 5.52 Å². The molecule has 0 aliphatic carbocycles. The Kier molecular flexibility index (Phi) is 3.93. The first-order valence-corrected chi connectivity index (χ1v) is 9.00. The third kappa shape index (κ3) is 2.69. The maximum absolute atomic E-state index is 12.7. The molecule has 5 nitrogen and oxygen atoms in total. The van der Waals surface area contributed by atoms with E-state index in [4.69, 9.17) is 0 Å². The van der Waals surface area contributed by atoms with Crippen molar-refractivity contribution >= 4 is 32.7 Å². The monoisotopic (exact) mass is 342 g/mol. The van der Waals surface area contributed by atoms with Crippen LogP contribution in [0.15, 0.2) is 53.4 Å². The van der Waals surface area contributed by atoms with E-state index >= 15 is 0 Å². The molecule has 1 heterocycles. The second-order valence-corrected chi connectivity index (χ2v) is 7.45. The van der Waals surface area contributed by atoms with Gasteiger partial charge in [-0.15, -0.1) is 0 Å². The summed E-state index contributed by atoms with van der Waals surface area (Å²) < 4.78 is 29.3. The van der Waals surface area contributed by atoms with Crippen LogP contribution in [0, 0.1) is 13.8 Å².